The number of hydrogen-bond donors (Lipinski definition) is 0. The molecule has 1 heteroatoms. The zero-order chi connectivity index (χ0) is 22.9. The van der Waals surface area contributed by atoms with E-state index in [1.165, 1.54) is 75.1 Å². The van der Waals surface area contributed by atoms with E-state index in [2.05, 4.69) is 121 Å². The molecule has 0 amide bonds. The van der Waals surface area contributed by atoms with Gasteiger partial charge in [-0.05, 0) is 84.2 Å². The van der Waals surface area contributed by atoms with Gasteiger partial charge in [-0.15, -0.1) is 0 Å². The van der Waals surface area contributed by atoms with Crippen molar-refractivity contribution < 1.29 is 0 Å². The normalized spacial score (nSPS) is 12.5. The van der Waals surface area contributed by atoms with Crippen molar-refractivity contribution in [3.05, 3.63) is 121 Å². The Balaban J connectivity index is 1.48. The molecule has 0 radical (unpaired) electrons. The van der Waals surface area contributed by atoms with Gasteiger partial charge in [-0.3, -0.25) is 0 Å². The summed E-state index contributed by atoms with van der Waals surface area (Å²) in [5.41, 5.74) is 5.27. The Morgan fingerprint density at radius 1 is 0.400 bits per heavy atom. The molecule has 0 nitrogen and oxygen atoms in total. The van der Waals surface area contributed by atoms with Gasteiger partial charge in [-0.25, -0.2) is 0 Å². The fourth-order valence-corrected chi connectivity index (χ4v) is 6.98. The molecule has 1 aliphatic heterocycles. The maximum atomic E-state index is 2.42. The van der Waals surface area contributed by atoms with Crippen LogP contribution in [0.1, 0.15) is 0 Å². The van der Waals surface area contributed by atoms with Crippen molar-refractivity contribution in [1.82, 2.24) is 0 Å². The highest BCUT2D eigenvalue weighted by molar-refractivity contribution is 7.99. The monoisotopic (exact) mass is 460 g/mol. The van der Waals surface area contributed by atoms with Crippen LogP contribution in [0, 0.1) is 0 Å². The van der Waals surface area contributed by atoms with Gasteiger partial charge in [0.05, 0.1) is 0 Å². The lowest BCUT2D eigenvalue weighted by molar-refractivity contribution is 1.40. The third kappa shape index (κ3) is 2.76. The molecule has 7 aromatic carbocycles. The van der Waals surface area contributed by atoms with Crippen molar-refractivity contribution in [2.75, 3.05) is 0 Å². The summed E-state index contributed by atoms with van der Waals surface area (Å²) in [6, 6.07) is 44.8. The van der Waals surface area contributed by atoms with Crippen LogP contribution in [0.15, 0.2) is 131 Å². The SMILES string of the molecule is c1ccc2c(-c3ccc4c(c3)-c3cccc5cccc(c35)S4)c3ccc4ccccc4c3cc2c1. The Hall–Kier alpha value is -4.07. The van der Waals surface area contributed by atoms with Gasteiger partial charge in [0.25, 0.3) is 0 Å². The molecule has 162 valence electrons. The minimum Gasteiger partial charge on any atom is -0.0888 e. The number of benzene rings is 7. The minimum absolute atomic E-state index is 1.28. The van der Waals surface area contributed by atoms with Gasteiger partial charge >= 0.3 is 0 Å². The molecule has 35 heavy (non-hydrogen) atoms. The highest BCUT2D eigenvalue weighted by Crippen LogP contribution is 2.49. The summed E-state index contributed by atoms with van der Waals surface area (Å²) in [7, 11) is 0. The Morgan fingerprint density at radius 3 is 2.09 bits per heavy atom. The molecule has 1 aliphatic rings. The van der Waals surface area contributed by atoms with E-state index >= 15 is 0 Å². The van der Waals surface area contributed by atoms with Crippen molar-refractivity contribution in [1.29, 1.82) is 0 Å². The predicted molar refractivity (Wildman–Crippen MR) is 151 cm³/mol. The number of rotatable bonds is 1. The number of hydrogen-bond acceptors (Lipinski definition) is 1. The zero-order valence-corrected chi connectivity index (χ0v) is 19.8. The highest BCUT2D eigenvalue weighted by Gasteiger charge is 2.20. The van der Waals surface area contributed by atoms with Crippen LogP contribution in [-0.4, -0.2) is 0 Å². The first kappa shape index (κ1) is 19.3. The van der Waals surface area contributed by atoms with Crippen LogP contribution in [0.5, 0.6) is 0 Å². The van der Waals surface area contributed by atoms with E-state index in [0.717, 1.165) is 0 Å². The molecule has 0 saturated carbocycles. The molecule has 0 spiro atoms. The second-order valence-corrected chi connectivity index (χ2v) is 10.4. The molecule has 1 heterocycles. The Bertz CT molecular complexity index is 1970. The van der Waals surface area contributed by atoms with Gasteiger partial charge < -0.3 is 0 Å². The van der Waals surface area contributed by atoms with Gasteiger partial charge in [0.1, 0.15) is 0 Å². The summed E-state index contributed by atoms with van der Waals surface area (Å²) < 4.78 is 0. The third-order valence-corrected chi connectivity index (χ3v) is 8.55. The van der Waals surface area contributed by atoms with Crippen molar-refractivity contribution in [2.45, 2.75) is 9.79 Å². The van der Waals surface area contributed by atoms with Gasteiger partial charge in [0.2, 0.25) is 0 Å². The third-order valence-electron chi connectivity index (χ3n) is 7.41. The zero-order valence-electron chi connectivity index (χ0n) is 19.0. The summed E-state index contributed by atoms with van der Waals surface area (Å²) >= 11 is 1.89. The topological polar surface area (TPSA) is 0 Å². The van der Waals surface area contributed by atoms with E-state index in [1.807, 2.05) is 11.8 Å². The van der Waals surface area contributed by atoms with Crippen LogP contribution < -0.4 is 0 Å². The maximum Gasteiger partial charge on any atom is 0.0207 e. The summed E-state index contributed by atoms with van der Waals surface area (Å²) in [6.07, 6.45) is 0. The molecule has 7 aromatic rings. The van der Waals surface area contributed by atoms with Crippen LogP contribution >= 0.6 is 11.8 Å². The largest absolute Gasteiger partial charge is 0.0888 e. The lowest BCUT2D eigenvalue weighted by atomic mass is 9.88. The van der Waals surface area contributed by atoms with E-state index in [9.17, 15) is 0 Å². The van der Waals surface area contributed by atoms with E-state index < -0.39 is 0 Å². The average Bonchev–Trinajstić information content (AvgIpc) is 2.92. The molecule has 0 atom stereocenters. The molecule has 0 N–H and O–H groups in total. The minimum atomic E-state index is 1.28. The van der Waals surface area contributed by atoms with Crippen LogP contribution in [0.3, 0.4) is 0 Å². The van der Waals surface area contributed by atoms with Crippen LogP contribution in [0.4, 0.5) is 0 Å². The smallest absolute Gasteiger partial charge is 0.0207 e. The van der Waals surface area contributed by atoms with E-state index in [-0.39, 0.29) is 0 Å². The Morgan fingerprint density at radius 2 is 1.17 bits per heavy atom. The van der Waals surface area contributed by atoms with Crippen LogP contribution in [-0.2, 0) is 0 Å². The van der Waals surface area contributed by atoms with E-state index in [4.69, 9.17) is 0 Å². The maximum absolute atomic E-state index is 2.42. The summed E-state index contributed by atoms with van der Waals surface area (Å²) in [4.78, 5) is 2.68. The Kier molecular flexibility index (Phi) is 3.97. The molecule has 0 aromatic heterocycles. The van der Waals surface area contributed by atoms with Gasteiger partial charge in [-0.1, -0.05) is 109 Å². The summed E-state index contributed by atoms with van der Waals surface area (Å²) in [5.74, 6) is 0. The van der Waals surface area contributed by atoms with Gasteiger partial charge in [-0.2, -0.15) is 0 Å². The van der Waals surface area contributed by atoms with Crippen LogP contribution in [0.2, 0.25) is 0 Å². The van der Waals surface area contributed by atoms with Crippen molar-refractivity contribution in [2.24, 2.45) is 0 Å². The quantitative estimate of drug-likeness (QED) is 0.173. The van der Waals surface area contributed by atoms with Gasteiger partial charge in [0.15, 0.2) is 0 Å². The first-order valence-corrected chi connectivity index (χ1v) is 12.8. The lowest BCUT2D eigenvalue weighted by Crippen LogP contribution is -1.94. The predicted octanol–water partition coefficient (Wildman–Crippen LogP) is 10.1. The lowest BCUT2D eigenvalue weighted by Gasteiger charge is -2.22. The molecule has 0 fully saturated rings. The van der Waals surface area contributed by atoms with Crippen molar-refractivity contribution in [3.63, 3.8) is 0 Å². The molecule has 0 saturated heterocycles. The fraction of sp³-hybridized carbons (Fsp3) is 0. The first-order valence-electron chi connectivity index (χ1n) is 12.0. The fourth-order valence-electron chi connectivity index (χ4n) is 5.85. The molecule has 8 rings (SSSR count). The number of fused-ring (bicyclic) bond motifs is 6. The average molecular weight is 461 g/mol. The first-order chi connectivity index (χ1) is 17.3. The van der Waals surface area contributed by atoms with E-state index in [0.29, 0.717) is 0 Å². The molecular weight excluding hydrogens is 440 g/mol. The molecule has 0 bridgehead atoms. The standard InChI is InChI=1S/C34H20S/c1-3-11-25-21(7-1)15-17-28-29(25)19-23-8-2-4-12-26(23)33(28)24-16-18-31-30(20-24)27-13-5-9-22-10-6-14-32(35-31)34(22)27/h1-20H. The van der Waals surface area contributed by atoms with Gasteiger partial charge in [0, 0.05) is 15.2 Å². The molecule has 0 aliphatic carbocycles. The second kappa shape index (κ2) is 7.21. The second-order valence-electron chi connectivity index (χ2n) is 9.33. The van der Waals surface area contributed by atoms with E-state index in [1.54, 1.807) is 0 Å². The Labute approximate surface area is 207 Å². The highest BCUT2D eigenvalue weighted by atomic mass is 32.2. The summed E-state index contributed by atoms with van der Waals surface area (Å²) in [6.45, 7) is 0. The van der Waals surface area contributed by atoms with Crippen molar-refractivity contribution in [3.8, 4) is 22.3 Å². The molecule has 0 unspecified atom stereocenters. The molecular formula is C34H20S. The van der Waals surface area contributed by atoms with Crippen LogP contribution in [0.25, 0.3) is 65.3 Å². The van der Waals surface area contributed by atoms with Crippen molar-refractivity contribution >= 4 is 54.9 Å². The summed E-state index contributed by atoms with van der Waals surface area (Å²) in [5, 5.41) is 10.5.